The number of benzene rings is 1. The van der Waals surface area contributed by atoms with E-state index < -0.39 is 0 Å². The predicted octanol–water partition coefficient (Wildman–Crippen LogP) is 3.65. The summed E-state index contributed by atoms with van der Waals surface area (Å²) in [4.78, 5) is 4.30. The molecule has 0 unspecified atom stereocenters. The van der Waals surface area contributed by atoms with E-state index in [-0.39, 0.29) is 24.0 Å². The Bertz CT molecular complexity index is 728. The van der Waals surface area contributed by atoms with Crippen molar-refractivity contribution in [2.24, 2.45) is 10.9 Å². The van der Waals surface area contributed by atoms with E-state index in [1.165, 1.54) is 10.9 Å². The molecule has 0 radical (unpaired) electrons. The van der Waals surface area contributed by atoms with Crippen molar-refractivity contribution in [1.29, 1.82) is 0 Å². The fourth-order valence-corrected chi connectivity index (χ4v) is 3.56. The van der Waals surface area contributed by atoms with Crippen molar-refractivity contribution in [1.82, 2.24) is 15.2 Å². The summed E-state index contributed by atoms with van der Waals surface area (Å²) in [6.45, 7) is 6.20. The number of aromatic nitrogens is 1. The summed E-state index contributed by atoms with van der Waals surface area (Å²) >= 11 is 0. The molecule has 3 rings (SSSR count). The number of nitrogens with zero attached hydrogens (tertiary/aromatic N) is 2. The third-order valence-corrected chi connectivity index (χ3v) is 5.22. The maximum atomic E-state index is 5.80. The third kappa shape index (κ3) is 8.14. The molecule has 2 N–H and O–H groups in total. The molecule has 6 nitrogen and oxygen atoms in total. The molecular formula is C22H35IN4O2. The fourth-order valence-electron chi connectivity index (χ4n) is 3.56. The second-order valence-corrected chi connectivity index (χ2v) is 7.33. The number of halogens is 1. The summed E-state index contributed by atoms with van der Waals surface area (Å²) < 4.78 is 13.5. The highest BCUT2D eigenvalue weighted by molar-refractivity contribution is 14.0. The summed E-state index contributed by atoms with van der Waals surface area (Å²) in [6, 6.07) is 10.7. The van der Waals surface area contributed by atoms with Gasteiger partial charge in [0.25, 0.3) is 0 Å². The van der Waals surface area contributed by atoms with Gasteiger partial charge < -0.3 is 24.7 Å². The first kappa shape index (κ1) is 24.0. The summed E-state index contributed by atoms with van der Waals surface area (Å²) in [6.07, 6.45) is 6.46. The van der Waals surface area contributed by atoms with E-state index >= 15 is 0 Å². The third-order valence-electron chi connectivity index (χ3n) is 5.22. The van der Waals surface area contributed by atoms with Crippen molar-refractivity contribution in [3.8, 4) is 0 Å². The van der Waals surface area contributed by atoms with Crippen molar-refractivity contribution in [2.75, 3.05) is 46.6 Å². The Hall–Kier alpha value is -1.32. The van der Waals surface area contributed by atoms with Crippen molar-refractivity contribution >= 4 is 40.8 Å². The van der Waals surface area contributed by atoms with E-state index in [9.17, 15) is 0 Å². The largest absolute Gasteiger partial charge is 0.381 e. The second kappa shape index (κ2) is 13.8. The molecule has 1 aliphatic rings. The van der Waals surface area contributed by atoms with Gasteiger partial charge in [0.05, 0.1) is 0 Å². The lowest BCUT2D eigenvalue weighted by molar-refractivity contribution is 0.0203. The molecular weight excluding hydrogens is 479 g/mol. The minimum Gasteiger partial charge on any atom is -0.381 e. The van der Waals surface area contributed by atoms with E-state index in [1.54, 1.807) is 0 Å². The van der Waals surface area contributed by atoms with Crippen molar-refractivity contribution in [3.05, 3.63) is 36.5 Å². The van der Waals surface area contributed by atoms with Crippen LogP contribution in [0.15, 0.2) is 41.5 Å². The van der Waals surface area contributed by atoms with Crippen LogP contribution in [0.1, 0.15) is 25.7 Å². The van der Waals surface area contributed by atoms with Crippen LogP contribution in [-0.4, -0.2) is 57.1 Å². The zero-order valence-electron chi connectivity index (χ0n) is 17.4. The molecule has 162 valence electrons. The molecule has 29 heavy (non-hydrogen) atoms. The number of hydrogen-bond acceptors (Lipinski definition) is 3. The van der Waals surface area contributed by atoms with Crippen LogP contribution in [0.4, 0.5) is 0 Å². The number of ether oxygens (including phenoxy) is 2. The Balaban J connectivity index is 0.00000300. The molecule has 1 fully saturated rings. The SMILES string of the molecule is CN=C(NCCCOCC1CCOCC1)NCCCn1ccc2ccccc21.I. The van der Waals surface area contributed by atoms with Crippen LogP contribution in [0.2, 0.25) is 0 Å². The van der Waals surface area contributed by atoms with Gasteiger partial charge in [-0.15, -0.1) is 24.0 Å². The molecule has 0 amide bonds. The number of para-hydroxylation sites is 1. The number of aliphatic imine (C=N–C) groups is 1. The lowest BCUT2D eigenvalue weighted by Crippen LogP contribution is -2.38. The Morgan fingerprint density at radius 2 is 1.90 bits per heavy atom. The molecule has 7 heteroatoms. The molecule has 1 saturated heterocycles. The average Bonchev–Trinajstić information content (AvgIpc) is 3.16. The van der Waals surface area contributed by atoms with Gasteiger partial charge in [-0.2, -0.15) is 0 Å². The van der Waals surface area contributed by atoms with Crippen LogP contribution in [0.5, 0.6) is 0 Å². The van der Waals surface area contributed by atoms with Gasteiger partial charge in [0.15, 0.2) is 5.96 Å². The zero-order chi connectivity index (χ0) is 19.4. The first-order chi connectivity index (χ1) is 13.9. The van der Waals surface area contributed by atoms with Gasteiger partial charge in [0.2, 0.25) is 0 Å². The Morgan fingerprint density at radius 3 is 2.69 bits per heavy atom. The smallest absolute Gasteiger partial charge is 0.190 e. The van der Waals surface area contributed by atoms with E-state index in [4.69, 9.17) is 9.47 Å². The van der Waals surface area contributed by atoms with Crippen LogP contribution < -0.4 is 10.6 Å². The molecule has 2 aromatic rings. The van der Waals surface area contributed by atoms with Crippen molar-refractivity contribution < 1.29 is 9.47 Å². The van der Waals surface area contributed by atoms with Gasteiger partial charge in [-0.05, 0) is 49.1 Å². The maximum Gasteiger partial charge on any atom is 0.190 e. The highest BCUT2D eigenvalue weighted by Gasteiger charge is 2.13. The minimum atomic E-state index is 0. The molecule has 1 aromatic carbocycles. The first-order valence-corrected chi connectivity index (χ1v) is 10.5. The zero-order valence-corrected chi connectivity index (χ0v) is 19.8. The monoisotopic (exact) mass is 514 g/mol. The number of guanidine groups is 1. The Labute approximate surface area is 191 Å². The number of fused-ring (bicyclic) bond motifs is 1. The van der Waals surface area contributed by atoms with E-state index in [0.29, 0.717) is 5.92 Å². The van der Waals surface area contributed by atoms with Crippen LogP contribution in [0.25, 0.3) is 10.9 Å². The van der Waals surface area contributed by atoms with Gasteiger partial charge in [0, 0.05) is 64.8 Å². The van der Waals surface area contributed by atoms with Gasteiger partial charge >= 0.3 is 0 Å². The lowest BCUT2D eigenvalue weighted by atomic mass is 10.0. The van der Waals surface area contributed by atoms with Crippen molar-refractivity contribution in [2.45, 2.75) is 32.2 Å². The van der Waals surface area contributed by atoms with Gasteiger partial charge in [0.1, 0.15) is 0 Å². The quantitative estimate of drug-likeness (QED) is 0.220. The van der Waals surface area contributed by atoms with Crippen LogP contribution in [0, 0.1) is 5.92 Å². The summed E-state index contributed by atoms with van der Waals surface area (Å²) in [5.41, 5.74) is 1.30. The Morgan fingerprint density at radius 1 is 1.14 bits per heavy atom. The topological polar surface area (TPSA) is 59.8 Å². The molecule has 0 atom stereocenters. The minimum absolute atomic E-state index is 0. The summed E-state index contributed by atoms with van der Waals surface area (Å²) in [5.74, 6) is 1.54. The number of nitrogens with one attached hydrogen (secondary N) is 2. The Kier molecular flexibility index (Phi) is 11.4. The van der Waals surface area contributed by atoms with Crippen LogP contribution in [-0.2, 0) is 16.0 Å². The molecule has 0 bridgehead atoms. The molecule has 1 aliphatic heterocycles. The lowest BCUT2D eigenvalue weighted by Gasteiger charge is -2.21. The first-order valence-electron chi connectivity index (χ1n) is 10.5. The number of rotatable bonds is 10. The normalized spacial score (nSPS) is 15.3. The van der Waals surface area contributed by atoms with E-state index in [1.807, 2.05) is 7.05 Å². The highest BCUT2D eigenvalue weighted by atomic mass is 127. The summed E-state index contributed by atoms with van der Waals surface area (Å²) in [7, 11) is 1.82. The molecule has 0 spiro atoms. The van der Waals surface area contributed by atoms with Gasteiger partial charge in [-0.25, -0.2) is 0 Å². The second-order valence-electron chi connectivity index (χ2n) is 7.33. The van der Waals surface area contributed by atoms with Crippen LogP contribution in [0.3, 0.4) is 0 Å². The van der Waals surface area contributed by atoms with Gasteiger partial charge in [-0.3, -0.25) is 4.99 Å². The van der Waals surface area contributed by atoms with Crippen molar-refractivity contribution in [3.63, 3.8) is 0 Å². The standard InChI is InChI=1S/C22H34N4O2.HI/c1-23-22(25-12-5-15-28-18-19-9-16-27-17-10-19)24-11-4-13-26-14-8-20-6-2-3-7-21(20)26;/h2-3,6-8,14,19H,4-5,9-13,15-18H2,1H3,(H2,23,24,25);1H. The maximum absolute atomic E-state index is 5.80. The average molecular weight is 514 g/mol. The molecule has 0 saturated carbocycles. The predicted molar refractivity (Wildman–Crippen MR) is 130 cm³/mol. The van der Waals surface area contributed by atoms with E-state index in [0.717, 1.165) is 77.7 Å². The highest BCUT2D eigenvalue weighted by Crippen LogP contribution is 2.15. The molecule has 1 aromatic heterocycles. The number of hydrogen-bond donors (Lipinski definition) is 2. The summed E-state index contributed by atoms with van der Waals surface area (Å²) in [5, 5.41) is 8.05. The molecule has 2 heterocycles. The fraction of sp³-hybridized carbons (Fsp3) is 0.591. The van der Waals surface area contributed by atoms with Gasteiger partial charge in [-0.1, -0.05) is 18.2 Å². The molecule has 0 aliphatic carbocycles. The number of aryl methyl sites for hydroxylation is 1. The van der Waals surface area contributed by atoms with Crippen LogP contribution >= 0.6 is 24.0 Å². The van der Waals surface area contributed by atoms with E-state index in [2.05, 4.69) is 56.7 Å².